The second-order valence-corrected chi connectivity index (χ2v) is 6.51. The number of anilines is 4. The lowest BCUT2D eigenvalue weighted by Gasteiger charge is -2.15. The van der Waals surface area contributed by atoms with Gasteiger partial charge in [-0.2, -0.15) is 4.98 Å². The van der Waals surface area contributed by atoms with Gasteiger partial charge in [0.2, 0.25) is 11.9 Å². The van der Waals surface area contributed by atoms with E-state index in [4.69, 9.17) is 5.73 Å². The minimum Gasteiger partial charge on any atom is -0.387 e. The van der Waals surface area contributed by atoms with Crippen molar-refractivity contribution in [2.45, 2.75) is 13.0 Å². The van der Waals surface area contributed by atoms with Crippen LogP contribution in [0.25, 0.3) is 0 Å². The fourth-order valence-corrected chi connectivity index (χ4v) is 2.75. The highest BCUT2D eigenvalue weighted by Crippen LogP contribution is 2.21. The second kappa shape index (κ2) is 9.48. The molecule has 1 aromatic heterocycles. The molecule has 0 fully saturated rings. The van der Waals surface area contributed by atoms with E-state index in [1.54, 1.807) is 36.4 Å². The predicted octanol–water partition coefficient (Wildman–Crippen LogP) is 2.42. The summed E-state index contributed by atoms with van der Waals surface area (Å²) in [7, 11) is 0. The minimum atomic E-state index is -0.798. The molecule has 0 aliphatic heterocycles. The van der Waals surface area contributed by atoms with Crippen LogP contribution in [0.5, 0.6) is 0 Å². The first-order valence-electron chi connectivity index (χ1n) is 9.21. The van der Waals surface area contributed by atoms with Crippen molar-refractivity contribution in [3.05, 3.63) is 71.9 Å². The molecular formula is C21H22N6O3. The molecule has 0 spiro atoms. The predicted molar refractivity (Wildman–Crippen MR) is 114 cm³/mol. The van der Waals surface area contributed by atoms with E-state index in [0.717, 1.165) is 5.56 Å². The van der Waals surface area contributed by atoms with Gasteiger partial charge in [-0.15, -0.1) is 0 Å². The molecule has 0 radical (unpaired) electrons. The standard InChI is InChI=1S/C21H22N6O3/c1-13(28)25-15-8-5-9-16(10-15)26-21-24-11-17(19(22)30)20(27-21)23-12-18(29)14-6-3-2-4-7-14/h2-11,18,29H,12H2,1H3,(H2,22,30)(H,25,28)(H2,23,24,26,27)/t18-/m1/s1. The quantitative estimate of drug-likeness (QED) is 0.387. The van der Waals surface area contributed by atoms with Gasteiger partial charge >= 0.3 is 0 Å². The molecule has 9 nitrogen and oxygen atoms in total. The van der Waals surface area contributed by atoms with Crippen molar-refractivity contribution in [3.8, 4) is 0 Å². The van der Waals surface area contributed by atoms with E-state index in [1.807, 2.05) is 18.2 Å². The van der Waals surface area contributed by atoms with Crippen molar-refractivity contribution < 1.29 is 14.7 Å². The second-order valence-electron chi connectivity index (χ2n) is 6.51. The molecule has 3 rings (SSSR count). The zero-order valence-electron chi connectivity index (χ0n) is 16.3. The van der Waals surface area contributed by atoms with E-state index >= 15 is 0 Å². The SMILES string of the molecule is CC(=O)Nc1cccc(Nc2ncc(C(N)=O)c(NC[C@@H](O)c3ccccc3)n2)c1. The van der Waals surface area contributed by atoms with Crippen molar-refractivity contribution >= 4 is 35.0 Å². The van der Waals surface area contributed by atoms with E-state index < -0.39 is 12.0 Å². The number of benzene rings is 2. The average molecular weight is 406 g/mol. The molecule has 0 saturated carbocycles. The lowest BCUT2D eigenvalue weighted by molar-refractivity contribution is -0.114. The van der Waals surface area contributed by atoms with Crippen LogP contribution < -0.4 is 21.7 Å². The van der Waals surface area contributed by atoms with Crippen LogP contribution in [0.15, 0.2) is 60.8 Å². The number of hydrogen-bond donors (Lipinski definition) is 5. The number of carbonyl (C=O) groups is 2. The first kappa shape index (κ1) is 20.7. The van der Waals surface area contributed by atoms with E-state index in [1.165, 1.54) is 13.1 Å². The van der Waals surface area contributed by atoms with Gasteiger partial charge < -0.3 is 26.8 Å². The van der Waals surface area contributed by atoms with Gasteiger partial charge in [0.15, 0.2) is 0 Å². The Morgan fingerprint density at radius 1 is 1.10 bits per heavy atom. The molecule has 2 amide bonds. The van der Waals surface area contributed by atoms with E-state index in [9.17, 15) is 14.7 Å². The molecule has 3 aromatic rings. The van der Waals surface area contributed by atoms with Gasteiger partial charge in [0.25, 0.3) is 5.91 Å². The summed E-state index contributed by atoms with van der Waals surface area (Å²) in [6.45, 7) is 1.55. The normalized spacial score (nSPS) is 11.4. The molecular weight excluding hydrogens is 384 g/mol. The molecule has 0 saturated heterocycles. The first-order valence-corrected chi connectivity index (χ1v) is 9.21. The third kappa shape index (κ3) is 5.52. The Bertz CT molecular complexity index is 1040. The maximum atomic E-state index is 11.7. The minimum absolute atomic E-state index is 0.104. The number of rotatable bonds is 8. The van der Waals surface area contributed by atoms with Crippen LogP contribution in [0, 0.1) is 0 Å². The Hall–Kier alpha value is -3.98. The molecule has 30 heavy (non-hydrogen) atoms. The van der Waals surface area contributed by atoms with E-state index in [0.29, 0.717) is 11.4 Å². The van der Waals surface area contributed by atoms with Crippen molar-refractivity contribution in [2.24, 2.45) is 5.73 Å². The maximum absolute atomic E-state index is 11.7. The number of aliphatic hydroxyl groups is 1. The fraction of sp³-hybridized carbons (Fsp3) is 0.143. The molecule has 1 heterocycles. The number of carbonyl (C=O) groups excluding carboxylic acids is 2. The number of aromatic nitrogens is 2. The zero-order chi connectivity index (χ0) is 21.5. The smallest absolute Gasteiger partial charge is 0.254 e. The van der Waals surface area contributed by atoms with Crippen LogP contribution in [0.1, 0.15) is 28.9 Å². The Kier molecular flexibility index (Phi) is 6.56. The van der Waals surface area contributed by atoms with Gasteiger partial charge in [-0.25, -0.2) is 4.98 Å². The van der Waals surface area contributed by atoms with Gasteiger partial charge in [0.1, 0.15) is 5.82 Å². The summed E-state index contributed by atoms with van der Waals surface area (Å²) in [4.78, 5) is 31.4. The lowest BCUT2D eigenvalue weighted by Crippen LogP contribution is -2.19. The van der Waals surface area contributed by atoms with Crippen LogP contribution in [0.4, 0.5) is 23.1 Å². The summed E-state index contributed by atoms with van der Waals surface area (Å²) in [6.07, 6.45) is 0.514. The van der Waals surface area contributed by atoms with Crippen LogP contribution >= 0.6 is 0 Å². The van der Waals surface area contributed by atoms with Crippen LogP contribution in [0.3, 0.4) is 0 Å². The van der Waals surface area contributed by atoms with E-state index in [2.05, 4.69) is 25.9 Å². The van der Waals surface area contributed by atoms with Crippen molar-refractivity contribution in [2.75, 3.05) is 22.5 Å². The molecule has 0 bridgehead atoms. The van der Waals surface area contributed by atoms with Gasteiger partial charge in [0.05, 0.1) is 11.7 Å². The van der Waals surface area contributed by atoms with E-state index in [-0.39, 0.29) is 29.8 Å². The van der Waals surface area contributed by atoms with Crippen molar-refractivity contribution in [1.29, 1.82) is 0 Å². The third-order valence-electron chi connectivity index (χ3n) is 4.14. The summed E-state index contributed by atoms with van der Waals surface area (Å²) in [5.74, 6) is -0.451. The molecule has 1 atom stereocenters. The number of primary amides is 1. The average Bonchev–Trinajstić information content (AvgIpc) is 2.72. The summed E-state index contributed by atoms with van der Waals surface area (Å²) in [5, 5.41) is 19.0. The van der Waals surface area contributed by atoms with Gasteiger partial charge in [-0.3, -0.25) is 9.59 Å². The zero-order valence-corrected chi connectivity index (χ0v) is 16.3. The molecule has 9 heteroatoms. The van der Waals surface area contributed by atoms with Crippen molar-refractivity contribution in [3.63, 3.8) is 0 Å². The molecule has 0 aliphatic rings. The van der Waals surface area contributed by atoms with Gasteiger partial charge in [-0.1, -0.05) is 36.4 Å². The van der Waals surface area contributed by atoms with Crippen molar-refractivity contribution in [1.82, 2.24) is 9.97 Å². The van der Waals surface area contributed by atoms with Crippen LogP contribution in [0.2, 0.25) is 0 Å². The Labute approximate surface area is 173 Å². The molecule has 0 unspecified atom stereocenters. The van der Waals surface area contributed by atoms with Crippen LogP contribution in [-0.2, 0) is 4.79 Å². The largest absolute Gasteiger partial charge is 0.387 e. The lowest BCUT2D eigenvalue weighted by atomic mass is 10.1. The highest BCUT2D eigenvalue weighted by atomic mass is 16.3. The fourth-order valence-electron chi connectivity index (χ4n) is 2.75. The van der Waals surface area contributed by atoms with Crippen LogP contribution in [-0.4, -0.2) is 33.4 Å². The Morgan fingerprint density at radius 3 is 2.53 bits per heavy atom. The number of aliphatic hydroxyl groups excluding tert-OH is 1. The summed E-state index contributed by atoms with van der Waals surface area (Å²) in [6, 6.07) is 16.1. The number of nitrogens with one attached hydrogen (secondary N) is 3. The highest BCUT2D eigenvalue weighted by Gasteiger charge is 2.14. The molecule has 0 aliphatic carbocycles. The van der Waals surface area contributed by atoms with Gasteiger partial charge in [-0.05, 0) is 23.8 Å². The molecule has 6 N–H and O–H groups in total. The third-order valence-corrected chi connectivity index (χ3v) is 4.14. The summed E-state index contributed by atoms with van der Waals surface area (Å²) < 4.78 is 0. The topological polar surface area (TPSA) is 142 Å². The summed E-state index contributed by atoms with van der Waals surface area (Å²) in [5.41, 5.74) is 7.51. The number of nitrogens with two attached hydrogens (primary N) is 1. The first-order chi connectivity index (χ1) is 14.4. The Morgan fingerprint density at radius 2 is 1.83 bits per heavy atom. The number of nitrogens with zero attached hydrogens (tertiary/aromatic N) is 2. The number of hydrogen-bond acceptors (Lipinski definition) is 7. The monoisotopic (exact) mass is 406 g/mol. The number of amides is 2. The van der Waals surface area contributed by atoms with Gasteiger partial charge in [0, 0.05) is 31.0 Å². The summed E-state index contributed by atoms with van der Waals surface area (Å²) >= 11 is 0. The molecule has 154 valence electrons. The highest BCUT2D eigenvalue weighted by molar-refractivity contribution is 5.97. The maximum Gasteiger partial charge on any atom is 0.254 e. The Balaban J connectivity index is 1.77. The molecule has 2 aromatic carbocycles.